The van der Waals surface area contributed by atoms with Crippen molar-refractivity contribution >= 4 is 6.29 Å². The molecule has 0 aliphatic heterocycles. The number of aryl methyl sites for hydroxylation is 1. The zero-order valence-corrected chi connectivity index (χ0v) is 9.18. The van der Waals surface area contributed by atoms with Crippen LogP contribution in [0.5, 0.6) is 5.75 Å². The first-order valence-electron chi connectivity index (χ1n) is 4.69. The van der Waals surface area contributed by atoms with E-state index in [9.17, 15) is 4.79 Å². The molecule has 0 aliphatic rings. The highest BCUT2D eigenvalue weighted by molar-refractivity contribution is 5.60. The van der Waals surface area contributed by atoms with Crippen LogP contribution in [0, 0.1) is 20.8 Å². The molecule has 76 valence electrons. The van der Waals surface area contributed by atoms with Crippen LogP contribution in [0.15, 0.2) is 6.07 Å². The minimum Gasteiger partial charge on any atom is -0.496 e. The number of rotatable bonds is 3. The molecule has 0 saturated heterocycles. The van der Waals surface area contributed by atoms with Crippen molar-refractivity contribution in [3.8, 4) is 5.75 Å². The van der Waals surface area contributed by atoms with Crippen LogP contribution in [0.2, 0.25) is 0 Å². The third-order valence-corrected chi connectivity index (χ3v) is 2.72. The van der Waals surface area contributed by atoms with E-state index >= 15 is 0 Å². The molecule has 2 nitrogen and oxygen atoms in total. The lowest BCUT2D eigenvalue weighted by Crippen LogP contribution is -2.00. The third-order valence-electron chi connectivity index (χ3n) is 2.72. The summed E-state index contributed by atoms with van der Waals surface area (Å²) < 4.78 is 5.25. The van der Waals surface area contributed by atoms with E-state index in [0.717, 1.165) is 34.3 Å². The second kappa shape index (κ2) is 4.27. The zero-order chi connectivity index (χ0) is 10.7. The fourth-order valence-electron chi connectivity index (χ4n) is 1.71. The van der Waals surface area contributed by atoms with Crippen LogP contribution in [0.3, 0.4) is 0 Å². The lowest BCUT2D eigenvalue weighted by Gasteiger charge is -2.14. The highest BCUT2D eigenvalue weighted by Crippen LogP contribution is 2.27. The predicted molar refractivity (Wildman–Crippen MR) is 57.0 cm³/mol. The Kier molecular flexibility index (Phi) is 3.28. The molecule has 1 rings (SSSR count). The van der Waals surface area contributed by atoms with Gasteiger partial charge in [0.2, 0.25) is 0 Å². The van der Waals surface area contributed by atoms with Gasteiger partial charge in [0, 0.05) is 6.42 Å². The van der Waals surface area contributed by atoms with Gasteiger partial charge < -0.3 is 9.53 Å². The summed E-state index contributed by atoms with van der Waals surface area (Å²) in [7, 11) is 1.67. The second-order valence-corrected chi connectivity index (χ2v) is 3.50. The molecule has 0 atom stereocenters. The van der Waals surface area contributed by atoms with Gasteiger partial charge in [-0.2, -0.15) is 0 Å². The van der Waals surface area contributed by atoms with Gasteiger partial charge in [-0.25, -0.2) is 0 Å². The summed E-state index contributed by atoms with van der Waals surface area (Å²) in [6.45, 7) is 6.05. The molecule has 1 aromatic rings. The van der Waals surface area contributed by atoms with Gasteiger partial charge in [-0.1, -0.05) is 0 Å². The van der Waals surface area contributed by atoms with Crippen LogP contribution in [0.1, 0.15) is 22.3 Å². The molecule has 0 radical (unpaired) electrons. The summed E-state index contributed by atoms with van der Waals surface area (Å²) in [4.78, 5) is 10.5. The number of hydrogen-bond acceptors (Lipinski definition) is 2. The van der Waals surface area contributed by atoms with Crippen molar-refractivity contribution in [3.05, 3.63) is 28.3 Å². The van der Waals surface area contributed by atoms with Crippen molar-refractivity contribution in [2.45, 2.75) is 27.2 Å². The number of methoxy groups -OCH3 is 1. The van der Waals surface area contributed by atoms with Gasteiger partial charge >= 0.3 is 0 Å². The molecule has 0 saturated carbocycles. The Bertz CT molecular complexity index is 354. The van der Waals surface area contributed by atoms with Crippen LogP contribution in [0.4, 0.5) is 0 Å². The van der Waals surface area contributed by atoms with E-state index in [0.29, 0.717) is 6.42 Å². The molecular formula is C12H16O2. The Morgan fingerprint density at radius 2 is 1.93 bits per heavy atom. The molecule has 0 N–H and O–H groups in total. The van der Waals surface area contributed by atoms with E-state index in [1.807, 2.05) is 26.8 Å². The van der Waals surface area contributed by atoms with Gasteiger partial charge in [-0.05, 0) is 49.1 Å². The molecule has 2 heteroatoms. The van der Waals surface area contributed by atoms with Crippen molar-refractivity contribution < 1.29 is 9.53 Å². The van der Waals surface area contributed by atoms with Gasteiger partial charge in [-0.15, -0.1) is 0 Å². The van der Waals surface area contributed by atoms with Crippen LogP contribution in [-0.4, -0.2) is 13.4 Å². The lowest BCUT2D eigenvalue weighted by atomic mass is 9.95. The van der Waals surface area contributed by atoms with E-state index in [2.05, 4.69) is 0 Å². The molecule has 0 unspecified atom stereocenters. The maximum atomic E-state index is 10.5. The third kappa shape index (κ3) is 1.79. The molecule has 0 heterocycles. The van der Waals surface area contributed by atoms with Crippen molar-refractivity contribution in [1.82, 2.24) is 0 Å². The van der Waals surface area contributed by atoms with Gasteiger partial charge in [0.15, 0.2) is 0 Å². The lowest BCUT2D eigenvalue weighted by molar-refractivity contribution is -0.107. The topological polar surface area (TPSA) is 26.3 Å². The summed E-state index contributed by atoms with van der Waals surface area (Å²) in [5.41, 5.74) is 4.53. The fourth-order valence-corrected chi connectivity index (χ4v) is 1.71. The maximum Gasteiger partial charge on any atom is 0.124 e. The normalized spacial score (nSPS) is 10.0. The standard InChI is InChI=1S/C12H16O2/c1-8-7-12(14-4)10(3)9(2)11(8)5-6-13/h6-7H,5H2,1-4H3. The van der Waals surface area contributed by atoms with Crippen molar-refractivity contribution in [2.24, 2.45) is 0 Å². The number of ether oxygens (including phenoxy) is 1. The number of benzene rings is 1. The Morgan fingerprint density at radius 3 is 2.43 bits per heavy atom. The molecule has 0 fully saturated rings. The minimum absolute atomic E-state index is 0.489. The largest absolute Gasteiger partial charge is 0.496 e. The first kappa shape index (κ1) is 10.8. The number of carbonyl (C=O) groups excluding carboxylic acids is 1. The highest BCUT2D eigenvalue weighted by Gasteiger charge is 2.09. The van der Waals surface area contributed by atoms with Crippen molar-refractivity contribution in [3.63, 3.8) is 0 Å². The highest BCUT2D eigenvalue weighted by atomic mass is 16.5. The van der Waals surface area contributed by atoms with E-state index in [-0.39, 0.29) is 0 Å². The maximum absolute atomic E-state index is 10.5. The monoisotopic (exact) mass is 192 g/mol. The Balaban J connectivity index is 3.32. The molecule has 0 amide bonds. The molecule has 0 spiro atoms. The Labute approximate surface area is 84.9 Å². The Morgan fingerprint density at radius 1 is 1.29 bits per heavy atom. The molecular weight excluding hydrogens is 176 g/mol. The summed E-state index contributed by atoms with van der Waals surface area (Å²) in [6.07, 6.45) is 1.43. The van der Waals surface area contributed by atoms with Gasteiger partial charge in [0.05, 0.1) is 7.11 Å². The molecule has 0 aromatic heterocycles. The molecule has 0 bridgehead atoms. The summed E-state index contributed by atoms with van der Waals surface area (Å²) in [6, 6.07) is 1.99. The quantitative estimate of drug-likeness (QED) is 0.687. The van der Waals surface area contributed by atoms with E-state index in [4.69, 9.17) is 4.74 Å². The van der Waals surface area contributed by atoms with Crippen molar-refractivity contribution in [2.75, 3.05) is 7.11 Å². The summed E-state index contributed by atoms with van der Waals surface area (Å²) in [5.74, 6) is 0.898. The van der Waals surface area contributed by atoms with Gasteiger partial charge in [0.1, 0.15) is 12.0 Å². The SMILES string of the molecule is COc1cc(C)c(CC=O)c(C)c1C. The van der Waals surface area contributed by atoms with Crippen LogP contribution >= 0.6 is 0 Å². The minimum atomic E-state index is 0.489. The first-order valence-corrected chi connectivity index (χ1v) is 4.69. The molecule has 1 aromatic carbocycles. The smallest absolute Gasteiger partial charge is 0.124 e. The average molecular weight is 192 g/mol. The fraction of sp³-hybridized carbons (Fsp3) is 0.417. The second-order valence-electron chi connectivity index (χ2n) is 3.50. The van der Waals surface area contributed by atoms with Crippen LogP contribution < -0.4 is 4.74 Å². The molecule has 14 heavy (non-hydrogen) atoms. The van der Waals surface area contributed by atoms with E-state index in [1.165, 1.54) is 0 Å². The van der Waals surface area contributed by atoms with Crippen molar-refractivity contribution in [1.29, 1.82) is 0 Å². The molecule has 0 aliphatic carbocycles. The first-order chi connectivity index (χ1) is 6.61. The zero-order valence-electron chi connectivity index (χ0n) is 9.18. The Hall–Kier alpha value is -1.31. The predicted octanol–water partition coefficient (Wildman–Crippen LogP) is 2.36. The van der Waals surface area contributed by atoms with Gasteiger partial charge in [-0.3, -0.25) is 0 Å². The van der Waals surface area contributed by atoms with E-state index in [1.54, 1.807) is 7.11 Å². The number of aldehydes is 1. The van der Waals surface area contributed by atoms with Crippen LogP contribution in [-0.2, 0) is 11.2 Å². The summed E-state index contributed by atoms with van der Waals surface area (Å²) >= 11 is 0. The van der Waals surface area contributed by atoms with Crippen LogP contribution in [0.25, 0.3) is 0 Å². The van der Waals surface area contributed by atoms with Gasteiger partial charge in [0.25, 0.3) is 0 Å². The number of hydrogen-bond donors (Lipinski definition) is 0. The van der Waals surface area contributed by atoms with E-state index < -0.39 is 0 Å². The number of carbonyl (C=O) groups is 1. The summed E-state index contributed by atoms with van der Waals surface area (Å²) in [5, 5.41) is 0. The average Bonchev–Trinajstić information content (AvgIpc) is 2.18.